The third-order valence-corrected chi connectivity index (χ3v) is 10.3. The van der Waals surface area contributed by atoms with E-state index in [-0.39, 0.29) is 27.0 Å². The highest BCUT2D eigenvalue weighted by atomic mass is 35.5. The Hall–Kier alpha value is -6.32. The van der Waals surface area contributed by atoms with Gasteiger partial charge in [0.05, 0.1) is 10.0 Å². The van der Waals surface area contributed by atoms with Gasteiger partial charge in [-0.25, -0.2) is 0 Å². The van der Waals surface area contributed by atoms with Crippen molar-refractivity contribution in [3.63, 3.8) is 0 Å². The van der Waals surface area contributed by atoms with E-state index in [1.165, 1.54) is 44.2 Å². The number of hydrogen-bond donors (Lipinski definition) is 4. The van der Waals surface area contributed by atoms with Crippen LogP contribution in [-0.2, 0) is 19.2 Å². The molecular weight excluding hydrogens is 878 g/mol. The first kappa shape index (κ1) is 46.7. The van der Waals surface area contributed by atoms with Crippen LogP contribution in [0.25, 0.3) is 0 Å². The number of carbonyl (C=O) groups is 6. The normalized spacial score (nSPS) is 12.2. The average molecular weight is 917 g/mol. The van der Waals surface area contributed by atoms with Gasteiger partial charge < -0.3 is 21.3 Å². The molecule has 0 aromatic heterocycles. The molecule has 5 aromatic carbocycles. The molecule has 14 nitrogen and oxygen atoms in total. The largest absolute Gasteiger partial charge is 0.324 e. The Labute approximate surface area is 376 Å². The second-order valence-corrected chi connectivity index (χ2v) is 15.8. The molecule has 2 atom stereocenters. The average Bonchev–Trinajstić information content (AvgIpc) is 3.19. The minimum Gasteiger partial charge on any atom is -0.324 e. The standard InChI is InChI=1S/C44H38Cl4N8O6/c1-21-15-28(45)8-11-31(21)42(60)49-30-10-13-33(48)38(20-30)54-56-40(26(6)58)44(62)52-36-18-23(3)35(17-24(36)4)51-43(61)39(25(5)57)55-53-37-19-27(7-12-32(37)47)41(59)50-34-14-9-29(46)16-22(34)2/h7-20,39-40H,1-6H3,(H,49,60)(H,50,59)(H,51,61)(H,52,62). The lowest BCUT2D eigenvalue weighted by molar-refractivity contribution is -0.127. The first-order valence-electron chi connectivity index (χ1n) is 18.6. The lowest BCUT2D eigenvalue weighted by Gasteiger charge is -2.16. The van der Waals surface area contributed by atoms with E-state index in [4.69, 9.17) is 46.4 Å². The molecule has 5 aromatic rings. The topological polar surface area (TPSA) is 200 Å². The van der Waals surface area contributed by atoms with Crippen LogP contribution in [0, 0.1) is 27.7 Å². The monoisotopic (exact) mass is 914 g/mol. The van der Waals surface area contributed by atoms with Crippen LogP contribution >= 0.6 is 46.4 Å². The molecule has 18 heteroatoms. The number of aryl methyl sites for hydroxylation is 4. The predicted octanol–water partition coefficient (Wildman–Crippen LogP) is 11.4. The number of azo groups is 2. The summed E-state index contributed by atoms with van der Waals surface area (Å²) >= 11 is 24.7. The summed E-state index contributed by atoms with van der Waals surface area (Å²) < 4.78 is 0. The molecular formula is C44H38Cl4N8O6. The maximum atomic E-state index is 13.4. The molecule has 0 spiro atoms. The van der Waals surface area contributed by atoms with Crippen LogP contribution in [0.15, 0.2) is 105 Å². The molecule has 0 aliphatic carbocycles. The summed E-state index contributed by atoms with van der Waals surface area (Å²) in [6.07, 6.45) is 0. The maximum absolute atomic E-state index is 13.4. The molecule has 2 unspecified atom stereocenters. The first-order valence-corrected chi connectivity index (χ1v) is 20.1. The highest BCUT2D eigenvalue weighted by molar-refractivity contribution is 6.33. The van der Waals surface area contributed by atoms with Gasteiger partial charge in [-0.1, -0.05) is 46.4 Å². The predicted molar refractivity (Wildman–Crippen MR) is 242 cm³/mol. The Balaban J connectivity index is 1.26. The van der Waals surface area contributed by atoms with Gasteiger partial charge in [0.15, 0.2) is 11.6 Å². The van der Waals surface area contributed by atoms with Crippen LogP contribution in [0.1, 0.15) is 56.8 Å². The van der Waals surface area contributed by atoms with Crippen LogP contribution in [-0.4, -0.2) is 47.3 Å². The number of carbonyl (C=O) groups excluding carboxylic acids is 6. The van der Waals surface area contributed by atoms with Crippen LogP contribution in [0.3, 0.4) is 0 Å². The Bertz CT molecular complexity index is 2700. The summed E-state index contributed by atoms with van der Waals surface area (Å²) in [6, 6.07) is 18.7. The number of halogens is 4. The smallest absolute Gasteiger partial charge is 0.258 e. The number of ketones is 2. The SMILES string of the molecule is CC(=O)C(N=Nc1cc(NC(=O)c2ccc(Cl)cc2C)ccc1Cl)C(=O)Nc1cc(C)c(NC(=O)C(N=Nc2cc(C(=O)Nc3ccc(Cl)cc3C)ccc2Cl)C(C)=O)cc1C. The zero-order valence-electron chi connectivity index (χ0n) is 34.0. The number of benzene rings is 5. The van der Waals surface area contributed by atoms with Crippen molar-refractivity contribution in [3.05, 3.63) is 138 Å². The third kappa shape index (κ3) is 11.9. The fourth-order valence-electron chi connectivity index (χ4n) is 5.80. The molecule has 0 aliphatic heterocycles. The van der Waals surface area contributed by atoms with Crippen LogP contribution in [0.5, 0.6) is 0 Å². The summed E-state index contributed by atoms with van der Waals surface area (Å²) in [6.45, 7) is 9.21. The van der Waals surface area contributed by atoms with E-state index in [0.717, 1.165) is 5.56 Å². The zero-order chi connectivity index (χ0) is 45.4. The van der Waals surface area contributed by atoms with Crippen molar-refractivity contribution in [3.8, 4) is 0 Å². The van der Waals surface area contributed by atoms with Crippen molar-refractivity contribution in [1.82, 2.24) is 0 Å². The van der Waals surface area contributed by atoms with Gasteiger partial charge in [0.25, 0.3) is 23.6 Å². The molecule has 0 bridgehead atoms. The Morgan fingerprint density at radius 3 is 1.48 bits per heavy atom. The summed E-state index contributed by atoms with van der Waals surface area (Å²) in [5.41, 5.74) is 4.63. The van der Waals surface area contributed by atoms with Gasteiger partial charge in [-0.05, 0) is 149 Å². The fourth-order valence-corrected chi connectivity index (χ4v) is 6.57. The molecule has 4 N–H and O–H groups in total. The summed E-state index contributed by atoms with van der Waals surface area (Å²) in [5, 5.41) is 28.3. The van der Waals surface area contributed by atoms with Crippen molar-refractivity contribution in [2.75, 3.05) is 21.3 Å². The highest BCUT2D eigenvalue weighted by Crippen LogP contribution is 2.31. The van der Waals surface area contributed by atoms with Gasteiger partial charge >= 0.3 is 0 Å². The maximum Gasteiger partial charge on any atom is 0.258 e. The van der Waals surface area contributed by atoms with Crippen LogP contribution < -0.4 is 21.3 Å². The molecule has 5 rings (SSSR count). The van der Waals surface area contributed by atoms with Crippen molar-refractivity contribution in [2.45, 2.75) is 53.6 Å². The number of hydrogen-bond acceptors (Lipinski definition) is 10. The van der Waals surface area contributed by atoms with E-state index in [1.54, 1.807) is 82.3 Å². The summed E-state index contributed by atoms with van der Waals surface area (Å²) in [5.74, 6) is -3.69. The lowest BCUT2D eigenvalue weighted by Crippen LogP contribution is -2.32. The molecule has 318 valence electrons. The van der Waals surface area contributed by atoms with E-state index in [1.807, 2.05) is 0 Å². The quantitative estimate of drug-likeness (QED) is 0.0630. The van der Waals surface area contributed by atoms with Gasteiger partial charge in [-0.3, -0.25) is 28.8 Å². The van der Waals surface area contributed by atoms with Crippen LogP contribution in [0.2, 0.25) is 20.1 Å². The Morgan fingerprint density at radius 1 is 0.484 bits per heavy atom. The second kappa shape index (κ2) is 20.5. The molecule has 0 heterocycles. The number of nitrogens with one attached hydrogen (secondary N) is 4. The number of rotatable bonds is 14. The van der Waals surface area contributed by atoms with Crippen LogP contribution in [0.4, 0.5) is 34.1 Å². The minimum absolute atomic E-state index is 0.0483. The van der Waals surface area contributed by atoms with Gasteiger partial charge in [0, 0.05) is 43.9 Å². The van der Waals surface area contributed by atoms with Gasteiger partial charge in [0.1, 0.15) is 11.4 Å². The molecule has 62 heavy (non-hydrogen) atoms. The molecule has 0 radical (unpaired) electrons. The molecule has 4 amide bonds. The minimum atomic E-state index is -1.58. The van der Waals surface area contributed by atoms with Crippen molar-refractivity contribution < 1.29 is 28.8 Å². The van der Waals surface area contributed by atoms with Gasteiger partial charge in [-0.15, -0.1) is 0 Å². The van der Waals surface area contributed by atoms with Crippen molar-refractivity contribution in [2.24, 2.45) is 20.5 Å². The Morgan fingerprint density at radius 2 is 0.968 bits per heavy atom. The first-order chi connectivity index (χ1) is 29.3. The van der Waals surface area contributed by atoms with Crippen molar-refractivity contribution >= 4 is 116 Å². The molecule has 0 aliphatic rings. The van der Waals surface area contributed by atoms with E-state index in [2.05, 4.69) is 41.7 Å². The highest BCUT2D eigenvalue weighted by Gasteiger charge is 2.26. The molecule has 0 fully saturated rings. The number of anilines is 4. The van der Waals surface area contributed by atoms with Gasteiger partial charge in [0.2, 0.25) is 12.1 Å². The van der Waals surface area contributed by atoms with Crippen molar-refractivity contribution in [1.29, 1.82) is 0 Å². The number of nitrogens with zero attached hydrogens (tertiary/aromatic N) is 4. The van der Waals surface area contributed by atoms with E-state index < -0.39 is 47.3 Å². The molecule has 0 saturated carbocycles. The number of amides is 4. The molecule has 0 saturated heterocycles. The summed E-state index contributed by atoms with van der Waals surface area (Å²) in [4.78, 5) is 78.0. The lowest BCUT2D eigenvalue weighted by atomic mass is 10.1. The fraction of sp³-hybridized carbons (Fsp3) is 0.182. The Kier molecular flexibility index (Phi) is 15.5. The third-order valence-electron chi connectivity index (χ3n) is 9.20. The zero-order valence-corrected chi connectivity index (χ0v) is 37.0. The van der Waals surface area contributed by atoms with Gasteiger partial charge in [-0.2, -0.15) is 20.5 Å². The number of Topliss-reactive ketones (excluding diaryl/α,β-unsaturated/α-hetero) is 2. The second-order valence-electron chi connectivity index (χ2n) is 14.1. The van der Waals surface area contributed by atoms with E-state index in [9.17, 15) is 28.8 Å². The van der Waals surface area contributed by atoms with E-state index >= 15 is 0 Å². The van der Waals surface area contributed by atoms with E-state index in [0.29, 0.717) is 55.0 Å². The summed E-state index contributed by atoms with van der Waals surface area (Å²) in [7, 11) is 0.